The summed E-state index contributed by atoms with van der Waals surface area (Å²) in [5, 5.41) is 17.6. The van der Waals surface area contributed by atoms with Crippen molar-refractivity contribution in [3.05, 3.63) is 23.5 Å². The van der Waals surface area contributed by atoms with E-state index >= 15 is 0 Å². The molecule has 13 heavy (non-hydrogen) atoms. The van der Waals surface area contributed by atoms with Crippen LogP contribution in [0.5, 0.6) is 11.5 Å². The van der Waals surface area contributed by atoms with Crippen molar-refractivity contribution < 1.29 is 14.2 Å². The van der Waals surface area contributed by atoms with E-state index in [2.05, 4.69) is 4.74 Å². The first-order valence-electron chi connectivity index (χ1n) is 3.62. The molecule has 0 saturated heterocycles. The van der Waals surface area contributed by atoms with E-state index in [9.17, 15) is 9.50 Å². The fourth-order valence-electron chi connectivity index (χ4n) is 0.972. The van der Waals surface area contributed by atoms with Crippen LogP contribution in [0.15, 0.2) is 12.1 Å². The number of aromatic hydroxyl groups is 1. The van der Waals surface area contributed by atoms with Gasteiger partial charge in [0.2, 0.25) is 5.82 Å². The molecular weight excluding hydrogens is 173 g/mol. The number of benzene rings is 1. The minimum atomic E-state index is -0.824. The molecule has 0 saturated carbocycles. The van der Waals surface area contributed by atoms with Crippen LogP contribution in [0.3, 0.4) is 0 Å². The maximum atomic E-state index is 13.1. The van der Waals surface area contributed by atoms with Gasteiger partial charge < -0.3 is 9.84 Å². The van der Waals surface area contributed by atoms with Crippen molar-refractivity contribution in [2.75, 3.05) is 7.11 Å². The lowest BCUT2D eigenvalue weighted by atomic mass is 10.1. The van der Waals surface area contributed by atoms with Crippen LogP contribution in [0, 0.1) is 17.1 Å². The van der Waals surface area contributed by atoms with Gasteiger partial charge in [0.15, 0.2) is 11.5 Å². The molecule has 0 fully saturated rings. The first-order chi connectivity index (χ1) is 6.20. The van der Waals surface area contributed by atoms with E-state index in [4.69, 9.17) is 5.26 Å². The number of phenolic OH excluding ortho intramolecular Hbond substituents is 1. The van der Waals surface area contributed by atoms with Gasteiger partial charge >= 0.3 is 0 Å². The molecule has 0 aliphatic carbocycles. The first-order valence-corrected chi connectivity index (χ1v) is 3.62. The minimum absolute atomic E-state index is 0.0211. The maximum absolute atomic E-state index is 13.1. The molecular formula is C9H8FNO2. The third-order valence-electron chi connectivity index (χ3n) is 1.65. The van der Waals surface area contributed by atoms with Crippen molar-refractivity contribution in [2.24, 2.45) is 0 Å². The molecule has 0 unspecified atom stereocenters. The number of ether oxygens (including phenoxy) is 1. The molecule has 0 aromatic heterocycles. The van der Waals surface area contributed by atoms with Crippen LogP contribution in [0.25, 0.3) is 0 Å². The third-order valence-corrected chi connectivity index (χ3v) is 1.65. The van der Waals surface area contributed by atoms with Crippen LogP contribution in [-0.2, 0) is 6.42 Å². The Morgan fingerprint density at radius 3 is 2.85 bits per heavy atom. The number of hydrogen-bond donors (Lipinski definition) is 1. The predicted molar refractivity (Wildman–Crippen MR) is 43.9 cm³/mol. The molecule has 0 heterocycles. The molecule has 1 rings (SSSR count). The number of rotatable bonds is 2. The van der Waals surface area contributed by atoms with Gasteiger partial charge in [0.25, 0.3) is 0 Å². The van der Waals surface area contributed by atoms with E-state index in [1.165, 1.54) is 19.2 Å². The molecule has 1 aromatic carbocycles. The minimum Gasteiger partial charge on any atom is -0.505 e. The lowest BCUT2D eigenvalue weighted by molar-refractivity contribution is 0.362. The molecule has 0 radical (unpaired) electrons. The Hall–Kier alpha value is -1.76. The Morgan fingerprint density at radius 2 is 2.31 bits per heavy atom. The van der Waals surface area contributed by atoms with Crippen LogP contribution < -0.4 is 4.74 Å². The number of hydrogen-bond acceptors (Lipinski definition) is 3. The standard InChI is InChI=1S/C9H8FNO2/c1-13-7-3-2-6(4-5-11)9(12)8(7)10/h2-3,12H,4H2,1H3. The monoisotopic (exact) mass is 181 g/mol. The molecule has 1 N–H and O–H groups in total. The highest BCUT2D eigenvalue weighted by molar-refractivity contribution is 5.42. The van der Waals surface area contributed by atoms with E-state index in [-0.39, 0.29) is 17.7 Å². The Balaban J connectivity index is 3.17. The van der Waals surface area contributed by atoms with Crippen LogP contribution in [-0.4, -0.2) is 12.2 Å². The summed E-state index contributed by atoms with van der Waals surface area (Å²) >= 11 is 0. The predicted octanol–water partition coefficient (Wildman–Crippen LogP) is 1.61. The Morgan fingerprint density at radius 1 is 1.62 bits per heavy atom. The van der Waals surface area contributed by atoms with Crippen molar-refractivity contribution in [3.63, 3.8) is 0 Å². The molecule has 0 aliphatic rings. The first kappa shape index (κ1) is 9.33. The fraction of sp³-hybridized carbons (Fsp3) is 0.222. The van der Waals surface area contributed by atoms with Crippen molar-refractivity contribution >= 4 is 0 Å². The molecule has 3 nitrogen and oxygen atoms in total. The summed E-state index contributed by atoms with van der Waals surface area (Å²) in [4.78, 5) is 0. The van der Waals surface area contributed by atoms with Crippen molar-refractivity contribution in [1.29, 1.82) is 5.26 Å². The molecule has 0 atom stereocenters. The lowest BCUT2D eigenvalue weighted by Gasteiger charge is -2.05. The van der Waals surface area contributed by atoms with Gasteiger partial charge in [-0.3, -0.25) is 0 Å². The van der Waals surface area contributed by atoms with E-state index < -0.39 is 11.6 Å². The smallest absolute Gasteiger partial charge is 0.206 e. The highest BCUT2D eigenvalue weighted by Gasteiger charge is 2.11. The second-order valence-corrected chi connectivity index (χ2v) is 2.42. The zero-order valence-electron chi connectivity index (χ0n) is 7.04. The van der Waals surface area contributed by atoms with E-state index in [0.717, 1.165) is 0 Å². The molecule has 0 aliphatic heterocycles. The molecule has 0 spiro atoms. The SMILES string of the molecule is COc1ccc(CC#N)c(O)c1F. The summed E-state index contributed by atoms with van der Waals surface area (Å²) in [5.41, 5.74) is 0.265. The Kier molecular flexibility index (Phi) is 2.70. The van der Waals surface area contributed by atoms with E-state index in [0.29, 0.717) is 0 Å². The highest BCUT2D eigenvalue weighted by atomic mass is 19.1. The summed E-state index contributed by atoms with van der Waals surface area (Å²) in [7, 11) is 1.31. The summed E-state index contributed by atoms with van der Waals surface area (Å²) in [5.74, 6) is -1.37. The molecule has 4 heteroatoms. The molecule has 0 bridgehead atoms. The van der Waals surface area contributed by atoms with Gasteiger partial charge in [-0.25, -0.2) is 0 Å². The van der Waals surface area contributed by atoms with Gasteiger partial charge in [0.05, 0.1) is 19.6 Å². The molecule has 0 amide bonds. The van der Waals surface area contributed by atoms with Gasteiger partial charge in [0.1, 0.15) is 0 Å². The zero-order chi connectivity index (χ0) is 9.84. The topological polar surface area (TPSA) is 53.2 Å². The normalized spacial score (nSPS) is 9.31. The number of nitrogens with zero attached hydrogens (tertiary/aromatic N) is 1. The van der Waals surface area contributed by atoms with Crippen molar-refractivity contribution in [1.82, 2.24) is 0 Å². The van der Waals surface area contributed by atoms with Crippen LogP contribution in [0.1, 0.15) is 5.56 Å². The summed E-state index contributed by atoms with van der Waals surface area (Å²) in [6.07, 6.45) is -0.0211. The Bertz CT molecular complexity index is 357. The van der Waals surface area contributed by atoms with Gasteiger partial charge in [-0.2, -0.15) is 9.65 Å². The fourth-order valence-corrected chi connectivity index (χ4v) is 0.972. The van der Waals surface area contributed by atoms with Crippen LogP contribution in [0.2, 0.25) is 0 Å². The third kappa shape index (κ3) is 1.70. The van der Waals surface area contributed by atoms with Gasteiger partial charge in [-0.05, 0) is 6.07 Å². The van der Waals surface area contributed by atoms with E-state index in [1.807, 2.05) is 6.07 Å². The Labute approximate surface area is 75.0 Å². The van der Waals surface area contributed by atoms with Gasteiger partial charge in [-0.1, -0.05) is 6.07 Å². The van der Waals surface area contributed by atoms with Crippen molar-refractivity contribution in [2.45, 2.75) is 6.42 Å². The maximum Gasteiger partial charge on any atom is 0.206 e. The lowest BCUT2D eigenvalue weighted by Crippen LogP contribution is -1.92. The largest absolute Gasteiger partial charge is 0.505 e. The van der Waals surface area contributed by atoms with Crippen LogP contribution >= 0.6 is 0 Å². The van der Waals surface area contributed by atoms with Gasteiger partial charge in [-0.15, -0.1) is 0 Å². The average Bonchev–Trinajstić information content (AvgIpc) is 2.14. The molecule has 1 aromatic rings. The zero-order valence-corrected chi connectivity index (χ0v) is 7.04. The summed E-state index contributed by atoms with van der Waals surface area (Å²) in [6.45, 7) is 0. The summed E-state index contributed by atoms with van der Waals surface area (Å²) < 4.78 is 17.7. The second kappa shape index (κ2) is 3.76. The average molecular weight is 181 g/mol. The molecule has 68 valence electrons. The van der Waals surface area contributed by atoms with Gasteiger partial charge in [0, 0.05) is 5.56 Å². The highest BCUT2D eigenvalue weighted by Crippen LogP contribution is 2.29. The number of nitriles is 1. The number of halogens is 1. The summed E-state index contributed by atoms with van der Waals surface area (Å²) in [6, 6.07) is 4.66. The second-order valence-electron chi connectivity index (χ2n) is 2.42. The van der Waals surface area contributed by atoms with E-state index in [1.54, 1.807) is 0 Å². The van der Waals surface area contributed by atoms with Crippen LogP contribution in [0.4, 0.5) is 4.39 Å². The van der Waals surface area contributed by atoms with Crippen molar-refractivity contribution in [3.8, 4) is 17.6 Å². The number of methoxy groups -OCH3 is 1. The quantitative estimate of drug-likeness (QED) is 0.754. The number of phenols is 1.